The third-order valence-electron chi connectivity index (χ3n) is 5.96. The van der Waals surface area contributed by atoms with E-state index in [1.165, 1.54) is 35.0 Å². The summed E-state index contributed by atoms with van der Waals surface area (Å²) in [5, 5.41) is 0.515. The lowest BCUT2D eigenvalue weighted by Gasteiger charge is -2.37. The molecule has 0 radical (unpaired) electrons. The maximum atomic E-state index is 13.5. The van der Waals surface area contributed by atoms with Crippen molar-refractivity contribution in [2.45, 2.75) is 20.8 Å². The van der Waals surface area contributed by atoms with Crippen LogP contribution in [-0.2, 0) is 9.53 Å². The number of anilines is 1. The highest BCUT2D eigenvalue weighted by Gasteiger charge is 2.25. The Morgan fingerprint density at radius 1 is 1.03 bits per heavy atom. The van der Waals surface area contributed by atoms with Crippen LogP contribution in [-0.4, -0.2) is 49.6 Å². The Kier molecular flexibility index (Phi) is 5.67. The third kappa shape index (κ3) is 4.13. The van der Waals surface area contributed by atoms with Gasteiger partial charge < -0.3 is 19.0 Å². The van der Waals surface area contributed by atoms with Gasteiger partial charge in [-0.3, -0.25) is 4.79 Å². The molecule has 0 N–H and O–H groups in total. The van der Waals surface area contributed by atoms with E-state index in [2.05, 4.69) is 30.9 Å². The summed E-state index contributed by atoms with van der Waals surface area (Å²) in [7, 11) is 0. The van der Waals surface area contributed by atoms with Crippen molar-refractivity contribution in [3.63, 3.8) is 0 Å². The topological polar surface area (TPSA) is 63.0 Å². The Bertz CT molecular complexity index is 1150. The van der Waals surface area contributed by atoms with Crippen molar-refractivity contribution in [1.29, 1.82) is 0 Å². The summed E-state index contributed by atoms with van der Waals surface area (Å²) in [6, 6.07) is 10.3. The number of benzene rings is 2. The molecule has 1 fully saturated rings. The number of fused-ring (bicyclic) bond motifs is 1. The Balaban J connectivity index is 1.34. The maximum Gasteiger partial charge on any atom is 0.375 e. The van der Waals surface area contributed by atoms with Gasteiger partial charge in [-0.05, 0) is 56.2 Å². The van der Waals surface area contributed by atoms with E-state index in [-0.39, 0.29) is 18.3 Å². The van der Waals surface area contributed by atoms with Gasteiger partial charge in [-0.1, -0.05) is 12.1 Å². The van der Waals surface area contributed by atoms with Gasteiger partial charge in [0, 0.05) is 42.8 Å². The van der Waals surface area contributed by atoms with Crippen LogP contribution in [0.2, 0.25) is 0 Å². The predicted molar refractivity (Wildman–Crippen MR) is 116 cm³/mol. The molecule has 1 aliphatic heterocycles. The standard InChI is InChI=1S/C24H25FN2O4/c1-15-5-4-6-20(16(15)2)26-9-11-27(12-10-26)22(28)14-30-24(29)23-17(3)19-13-18(25)7-8-21(19)31-23/h4-8,13H,9-12,14H2,1-3H3. The Hall–Kier alpha value is -3.35. The minimum atomic E-state index is -0.725. The molecule has 0 atom stereocenters. The van der Waals surface area contributed by atoms with Gasteiger partial charge in [0.05, 0.1) is 0 Å². The molecule has 4 rings (SSSR count). The van der Waals surface area contributed by atoms with Crippen molar-refractivity contribution in [3.8, 4) is 0 Å². The third-order valence-corrected chi connectivity index (χ3v) is 5.96. The van der Waals surface area contributed by atoms with Gasteiger partial charge in [0.15, 0.2) is 6.61 Å². The number of piperazine rings is 1. The minimum absolute atomic E-state index is 0.00635. The zero-order valence-corrected chi connectivity index (χ0v) is 17.9. The second kappa shape index (κ2) is 8.41. The number of rotatable bonds is 4. The molecule has 31 heavy (non-hydrogen) atoms. The van der Waals surface area contributed by atoms with Crippen LogP contribution in [0, 0.1) is 26.6 Å². The molecule has 2 aromatic carbocycles. The molecular formula is C24H25FN2O4. The summed E-state index contributed by atoms with van der Waals surface area (Å²) in [5.74, 6) is -1.38. The molecule has 0 saturated carbocycles. The van der Waals surface area contributed by atoms with E-state index in [1.54, 1.807) is 11.8 Å². The Labute approximate surface area is 180 Å². The van der Waals surface area contributed by atoms with E-state index in [0.29, 0.717) is 29.6 Å². The van der Waals surface area contributed by atoms with E-state index in [4.69, 9.17) is 9.15 Å². The van der Waals surface area contributed by atoms with E-state index >= 15 is 0 Å². The highest BCUT2D eigenvalue weighted by atomic mass is 19.1. The molecule has 1 amide bonds. The summed E-state index contributed by atoms with van der Waals surface area (Å²) < 4.78 is 24.2. The molecule has 0 bridgehead atoms. The number of hydrogen-bond acceptors (Lipinski definition) is 5. The highest BCUT2D eigenvalue weighted by Crippen LogP contribution is 2.27. The molecule has 0 spiro atoms. The molecule has 1 aromatic heterocycles. The summed E-state index contributed by atoms with van der Waals surface area (Å²) in [4.78, 5) is 29.0. The van der Waals surface area contributed by atoms with E-state index in [0.717, 1.165) is 13.1 Å². The van der Waals surface area contributed by atoms with Crippen molar-refractivity contribution < 1.29 is 23.1 Å². The fourth-order valence-corrected chi connectivity index (χ4v) is 3.95. The predicted octanol–water partition coefficient (Wildman–Crippen LogP) is 4.00. The second-order valence-corrected chi connectivity index (χ2v) is 7.86. The number of carbonyl (C=O) groups is 2. The van der Waals surface area contributed by atoms with Crippen molar-refractivity contribution >= 4 is 28.5 Å². The maximum absolute atomic E-state index is 13.5. The molecule has 6 nitrogen and oxygen atoms in total. The quantitative estimate of drug-likeness (QED) is 0.593. The van der Waals surface area contributed by atoms with Gasteiger partial charge in [-0.25, -0.2) is 9.18 Å². The van der Waals surface area contributed by atoms with Crippen LogP contribution < -0.4 is 4.90 Å². The Morgan fingerprint density at radius 2 is 1.77 bits per heavy atom. The normalized spacial score (nSPS) is 14.2. The lowest BCUT2D eigenvalue weighted by molar-refractivity contribution is -0.134. The van der Waals surface area contributed by atoms with Crippen molar-refractivity contribution in [3.05, 3.63) is 64.7 Å². The first-order valence-electron chi connectivity index (χ1n) is 10.3. The first-order chi connectivity index (χ1) is 14.8. The van der Waals surface area contributed by atoms with Crippen LogP contribution in [0.3, 0.4) is 0 Å². The summed E-state index contributed by atoms with van der Waals surface area (Å²) in [6.45, 7) is 8.07. The number of aryl methyl sites for hydroxylation is 2. The molecule has 162 valence electrons. The van der Waals surface area contributed by atoms with E-state index in [1.807, 2.05) is 6.07 Å². The average Bonchev–Trinajstić information content (AvgIpc) is 3.10. The number of amides is 1. The molecule has 0 aliphatic carbocycles. The van der Waals surface area contributed by atoms with Gasteiger partial charge in [0.2, 0.25) is 5.76 Å². The lowest BCUT2D eigenvalue weighted by atomic mass is 10.1. The van der Waals surface area contributed by atoms with Crippen molar-refractivity contribution in [1.82, 2.24) is 4.90 Å². The number of hydrogen-bond donors (Lipinski definition) is 0. The second-order valence-electron chi connectivity index (χ2n) is 7.86. The SMILES string of the molecule is Cc1cccc(N2CCN(C(=O)COC(=O)c3oc4ccc(F)cc4c3C)CC2)c1C. The number of nitrogens with zero attached hydrogens (tertiary/aromatic N) is 2. The molecular weight excluding hydrogens is 399 g/mol. The minimum Gasteiger partial charge on any atom is -0.450 e. The van der Waals surface area contributed by atoms with Gasteiger partial charge in [-0.15, -0.1) is 0 Å². The van der Waals surface area contributed by atoms with E-state index < -0.39 is 11.8 Å². The van der Waals surface area contributed by atoms with Crippen LogP contribution in [0.1, 0.15) is 27.2 Å². The first kappa shape index (κ1) is 20.9. The lowest BCUT2D eigenvalue weighted by Crippen LogP contribution is -2.50. The fourth-order valence-electron chi connectivity index (χ4n) is 3.95. The van der Waals surface area contributed by atoms with Crippen molar-refractivity contribution in [2.75, 3.05) is 37.7 Å². The number of carbonyl (C=O) groups excluding carboxylic acids is 2. The van der Waals surface area contributed by atoms with Crippen molar-refractivity contribution in [2.24, 2.45) is 0 Å². The van der Waals surface area contributed by atoms with Gasteiger partial charge >= 0.3 is 5.97 Å². The summed E-state index contributed by atoms with van der Waals surface area (Å²) in [6.07, 6.45) is 0. The van der Waals surface area contributed by atoms with E-state index in [9.17, 15) is 14.0 Å². The van der Waals surface area contributed by atoms with Crippen LogP contribution >= 0.6 is 0 Å². The number of furan rings is 1. The average molecular weight is 424 g/mol. The number of halogens is 1. The molecule has 0 unspecified atom stereocenters. The largest absolute Gasteiger partial charge is 0.450 e. The molecule has 1 aliphatic rings. The molecule has 7 heteroatoms. The fraction of sp³-hybridized carbons (Fsp3) is 0.333. The first-order valence-corrected chi connectivity index (χ1v) is 10.3. The van der Waals surface area contributed by atoms with Crippen LogP contribution in [0.25, 0.3) is 11.0 Å². The van der Waals surface area contributed by atoms with Gasteiger partial charge in [-0.2, -0.15) is 0 Å². The van der Waals surface area contributed by atoms with Crippen LogP contribution in [0.5, 0.6) is 0 Å². The smallest absolute Gasteiger partial charge is 0.375 e. The summed E-state index contributed by atoms with van der Waals surface area (Å²) >= 11 is 0. The number of esters is 1. The van der Waals surface area contributed by atoms with Gasteiger partial charge in [0.25, 0.3) is 5.91 Å². The molecule has 2 heterocycles. The molecule has 1 saturated heterocycles. The monoisotopic (exact) mass is 424 g/mol. The zero-order chi connectivity index (χ0) is 22.1. The van der Waals surface area contributed by atoms with Gasteiger partial charge in [0.1, 0.15) is 11.4 Å². The summed E-state index contributed by atoms with van der Waals surface area (Å²) in [5.41, 5.74) is 4.58. The molecule has 3 aromatic rings. The van der Waals surface area contributed by atoms with Crippen LogP contribution in [0.15, 0.2) is 40.8 Å². The number of ether oxygens (including phenoxy) is 1. The van der Waals surface area contributed by atoms with Crippen LogP contribution in [0.4, 0.5) is 10.1 Å². The Morgan fingerprint density at radius 3 is 2.52 bits per heavy atom. The highest BCUT2D eigenvalue weighted by molar-refractivity contribution is 5.96. The zero-order valence-electron chi connectivity index (χ0n) is 17.9.